The second-order valence-electron chi connectivity index (χ2n) is 4.17. The first-order valence-electron chi connectivity index (χ1n) is 5.31. The summed E-state index contributed by atoms with van der Waals surface area (Å²) >= 11 is 0. The van der Waals surface area contributed by atoms with Gasteiger partial charge >= 0.3 is 5.97 Å². The van der Waals surface area contributed by atoms with Gasteiger partial charge in [-0.3, -0.25) is 4.79 Å². The molecule has 0 amide bonds. The summed E-state index contributed by atoms with van der Waals surface area (Å²) in [5.74, 6) is -1.24. The second-order valence-corrected chi connectivity index (χ2v) is 4.17. The molecule has 2 rings (SSSR count). The third kappa shape index (κ3) is 2.63. The minimum absolute atomic E-state index is 0. The van der Waals surface area contributed by atoms with E-state index in [-0.39, 0.29) is 6.15 Å². The van der Waals surface area contributed by atoms with Crippen LogP contribution in [0.15, 0.2) is 36.4 Å². The van der Waals surface area contributed by atoms with Gasteiger partial charge in [0.1, 0.15) is 0 Å². The lowest BCUT2D eigenvalue weighted by Gasteiger charge is -2.08. The van der Waals surface area contributed by atoms with Crippen LogP contribution in [-0.2, 0) is 4.79 Å². The normalized spacial score (nSPS) is 11.9. The minimum Gasteiger partial charge on any atom is -0.481 e. The largest absolute Gasteiger partial charge is 0.481 e. The van der Waals surface area contributed by atoms with Crippen molar-refractivity contribution < 1.29 is 9.90 Å². The van der Waals surface area contributed by atoms with Gasteiger partial charge in [0.15, 0.2) is 0 Å². The molecule has 1 atom stereocenters. The maximum atomic E-state index is 10.9. The molecule has 0 saturated heterocycles. The van der Waals surface area contributed by atoms with Crippen molar-refractivity contribution in [3.05, 3.63) is 47.5 Å². The molecule has 0 aliphatic rings. The van der Waals surface area contributed by atoms with E-state index in [2.05, 4.69) is 6.07 Å². The Morgan fingerprint density at radius 2 is 1.71 bits per heavy atom. The summed E-state index contributed by atoms with van der Waals surface area (Å²) in [5.41, 5.74) is 2.07. The number of benzene rings is 2. The molecule has 0 spiro atoms. The van der Waals surface area contributed by atoms with Gasteiger partial charge in [0.2, 0.25) is 0 Å². The lowest BCUT2D eigenvalue weighted by Crippen LogP contribution is -2.06. The van der Waals surface area contributed by atoms with Crippen molar-refractivity contribution in [1.82, 2.24) is 6.15 Å². The van der Waals surface area contributed by atoms with Gasteiger partial charge in [-0.15, -0.1) is 0 Å². The zero-order valence-electron chi connectivity index (χ0n) is 10.1. The molecule has 0 aromatic heterocycles. The van der Waals surface area contributed by atoms with E-state index in [4.69, 9.17) is 5.11 Å². The molecule has 0 heterocycles. The van der Waals surface area contributed by atoms with E-state index in [0.29, 0.717) is 0 Å². The van der Waals surface area contributed by atoms with E-state index >= 15 is 0 Å². The van der Waals surface area contributed by atoms with Crippen LogP contribution in [0.4, 0.5) is 0 Å². The van der Waals surface area contributed by atoms with Gasteiger partial charge in [-0.2, -0.15) is 0 Å². The molecule has 0 saturated carbocycles. The number of carbonyl (C=O) groups is 1. The Kier molecular flexibility index (Phi) is 3.86. The number of aryl methyl sites for hydroxylation is 1. The monoisotopic (exact) mass is 231 g/mol. The quantitative estimate of drug-likeness (QED) is 0.830. The predicted octanol–water partition coefficient (Wildman–Crippen LogP) is 3.50. The molecular formula is C14H17NO2. The molecule has 3 heteroatoms. The first kappa shape index (κ1) is 13.2. The Morgan fingerprint density at radius 1 is 1.12 bits per heavy atom. The standard InChI is InChI=1S/C14H14O2.H3N/c1-9-3-4-13-8-11(10(2)14(15)16)5-6-12(13)7-9;/h3-8,10H,1-2H3,(H,15,16);1H3. The molecule has 3 nitrogen and oxygen atoms in total. The van der Waals surface area contributed by atoms with Gasteiger partial charge < -0.3 is 11.3 Å². The van der Waals surface area contributed by atoms with Crippen LogP contribution in [0, 0.1) is 6.92 Å². The van der Waals surface area contributed by atoms with Crippen molar-refractivity contribution in [3.63, 3.8) is 0 Å². The van der Waals surface area contributed by atoms with Gasteiger partial charge in [0, 0.05) is 0 Å². The number of carboxylic acid groups (broad SMARTS) is 1. The van der Waals surface area contributed by atoms with E-state index in [1.54, 1.807) is 6.92 Å². The molecule has 0 aliphatic heterocycles. The van der Waals surface area contributed by atoms with Gasteiger partial charge in [-0.25, -0.2) is 0 Å². The van der Waals surface area contributed by atoms with Crippen LogP contribution < -0.4 is 6.15 Å². The van der Waals surface area contributed by atoms with Crippen molar-refractivity contribution in [2.45, 2.75) is 19.8 Å². The summed E-state index contributed by atoms with van der Waals surface area (Å²) in [5, 5.41) is 11.2. The van der Waals surface area contributed by atoms with Crippen LogP contribution in [0.1, 0.15) is 24.0 Å². The van der Waals surface area contributed by atoms with Gasteiger partial charge in [-0.1, -0.05) is 42.0 Å². The van der Waals surface area contributed by atoms with Crippen molar-refractivity contribution in [1.29, 1.82) is 0 Å². The molecule has 2 aromatic carbocycles. The van der Waals surface area contributed by atoms with Crippen LogP contribution in [0.3, 0.4) is 0 Å². The lowest BCUT2D eigenvalue weighted by atomic mass is 9.97. The third-order valence-electron chi connectivity index (χ3n) is 2.89. The van der Waals surface area contributed by atoms with Crippen LogP contribution >= 0.6 is 0 Å². The van der Waals surface area contributed by atoms with Gasteiger partial charge in [-0.05, 0) is 30.2 Å². The van der Waals surface area contributed by atoms with Crippen molar-refractivity contribution in [2.24, 2.45) is 0 Å². The zero-order valence-corrected chi connectivity index (χ0v) is 10.1. The minimum atomic E-state index is -0.786. The molecule has 0 fully saturated rings. The second kappa shape index (κ2) is 4.97. The van der Waals surface area contributed by atoms with Crippen molar-refractivity contribution in [2.75, 3.05) is 0 Å². The SMILES string of the molecule is Cc1ccc2cc(C(C)C(=O)O)ccc2c1.N. The van der Waals surface area contributed by atoms with Crippen LogP contribution in [-0.4, -0.2) is 11.1 Å². The number of hydrogen-bond donors (Lipinski definition) is 2. The van der Waals surface area contributed by atoms with E-state index < -0.39 is 11.9 Å². The average molecular weight is 231 g/mol. The Labute approximate surface area is 101 Å². The number of rotatable bonds is 2. The first-order chi connectivity index (χ1) is 7.58. The zero-order chi connectivity index (χ0) is 11.7. The van der Waals surface area contributed by atoms with Crippen molar-refractivity contribution in [3.8, 4) is 0 Å². The fourth-order valence-electron chi connectivity index (χ4n) is 1.80. The average Bonchev–Trinajstić information content (AvgIpc) is 2.27. The fourth-order valence-corrected chi connectivity index (χ4v) is 1.80. The molecule has 2 aromatic rings. The van der Waals surface area contributed by atoms with Gasteiger partial charge in [0.05, 0.1) is 5.92 Å². The molecular weight excluding hydrogens is 214 g/mol. The summed E-state index contributed by atoms with van der Waals surface area (Å²) in [6.45, 7) is 3.75. The summed E-state index contributed by atoms with van der Waals surface area (Å²) in [4.78, 5) is 10.9. The molecule has 4 N–H and O–H groups in total. The van der Waals surface area contributed by atoms with Gasteiger partial charge in [0.25, 0.3) is 0 Å². The van der Waals surface area contributed by atoms with Crippen molar-refractivity contribution >= 4 is 16.7 Å². The fraction of sp³-hybridized carbons (Fsp3) is 0.214. The number of hydrogen-bond acceptors (Lipinski definition) is 2. The van der Waals surface area contributed by atoms with E-state index in [9.17, 15) is 4.79 Å². The molecule has 90 valence electrons. The molecule has 17 heavy (non-hydrogen) atoms. The molecule has 1 unspecified atom stereocenters. The Hall–Kier alpha value is -1.87. The van der Waals surface area contributed by atoms with E-state index in [0.717, 1.165) is 16.3 Å². The number of fused-ring (bicyclic) bond motifs is 1. The first-order valence-corrected chi connectivity index (χ1v) is 5.31. The maximum Gasteiger partial charge on any atom is 0.310 e. The Balaban J connectivity index is 0.00000144. The van der Waals surface area contributed by atoms with E-state index in [1.807, 2.05) is 37.3 Å². The van der Waals surface area contributed by atoms with E-state index in [1.165, 1.54) is 5.56 Å². The van der Waals surface area contributed by atoms with Crippen LogP contribution in [0.5, 0.6) is 0 Å². The smallest absolute Gasteiger partial charge is 0.310 e. The summed E-state index contributed by atoms with van der Waals surface area (Å²) in [7, 11) is 0. The summed E-state index contributed by atoms with van der Waals surface area (Å²) < 4.78 is 0. The number of carboxylic acids is 1. The Bertz CT molecular complexity index is 549. The highest BCUT2D eigenvalue weighted by Crippen LogP contribution is 2.22. The maximum absolute atomic E-state index is 10.9. The number of aliphatic carboxylic acids is 1. The lowest BCUT2D eigenvalue weighted by molar-refractivity contribution is -0.138. The molecule has 0 aliphatic carbocycles. The van der Waals surface area contributed by atoms with Crippen LogP contribution in [0.2, 0.25) is 0 Å². The highest BCUT2D eigenvalue weighted by Gasteiger charge is 2.13. The molecule has 0 bridgehead atoms. The summed E-state index contributed by atoms with van der Waals surface area (Å²) in [6, 6.07) is 12.0. The topological polar surface area (TPSA) is 72.3 Å². The summed E-state index contributed by atoms with van der Waals surface area (Å²) in [6.07, 6.45) is 0. The van der Waals surface area contributed by atoms with Crippen LogP contribution in [0.25, 0.3) is 10.8 Å². The predicted molar refractivity (Wildman–Crippen MR) is 69.8 cm³/mol. The highest BCUT2D eigenvalue weighted by atomic mass is 16.4. The molecule has 0 radical (unpaired) electrons. The highest BCUT2D eigenvalue weighted by molar-refractivity contribution is 5.85. The third-order valence-corrected chi connectivity index (χ3v) is 2.89. The Morgan fingerprint density at radius 3 is 2.35 bits per heavy atom.